The summed E-state index contributed by atoms with van der Waals surface area (Å²) in [5.41, 5.74) is 3.92. The fourth-order valence-electron chi connectivity index (χ4n) is 2.53. The SMILES string of the molecule is CNCCc1ccccc1Cn1ncc2ccccc21. The Morgan fingerprint density at radius 2 is 1.75 bits per heavy atom. The lowest BCUT2D eigenvalue weighted by molar-refractivity contribution is 0.699. The molecule has 0 bridgehead atoms. The third-order valence-electron chi connectivity index (χ3n) is 3.63. The van der Waals surface area contributed by atoms with Crippen molar-refractivity contribution in [3.63, 3.8) is 0 Å². The first kappa shape index (κ1) is 12.9. The van der Waals surface area contributed by atoms with Gasteiger partial charge in [-0.15, -0.1) is 0 Å². The van der Waals surface area contributed by atoms with Crippen LogP contribution in [0.2, 0.25) is 0 Å². The summed E-state index contributed by atoms with van der Waals surface area (Å²) in [7, 11) is 1.99. The molecule has 2 aromatic carbocycles. The number of nitrogens with one attached hydrogen (secondary N) is 1. The van der Waals surface area contributed by atoms with Gasteiger partial charge in [-0.3, -0.25) is 4.68 Å². The van der Waals surface area contributed by atoms with Crippen LogP contribution in [0.3, 0.4) is 0 Å². The Bertz CT molecular complexity index is 700. The molecule has 20 heavy (non-hydrogen) atoms. The zero-order chi connectivity index (χ0) is 13.8. The highest BCUT2D eigenvalue weighted by atomic mass is 15.3. The lowest BCUT2D eigenvalue weighted by Gasteiger charge is -2.10. The summed E-state index contributed by atoms with van der Waals surface area (Å²) in [6.45, 7) is 1.82. The molecule has 0 aliphatic heterocycles. The predicted molar refractivity (Wildman–Crippen MR) is 82.9 cm³/mol. The van der Waals surface area contributed by atoms with Gasteiger partial charge in [-0.2, -0.15) is 5.10 Å². The van der Waals surface area contributed by atoms with E-state index in [2.05, 4.69) is 63.6 Å². The van der Waals surface area contributed by atoms with E-state index in [9.17, 15) is 0 Å². The molecule has 0 saturated heterocycles. The third kappa shape index (κ3) is 2.58. The average molecular weight is 265 g/mol. The van der Waals surface area contributed by atoms with Crippen molar-refractivity contribution < 1.29 is 0 Å². The summed E-state index contributed by atoms with van der Waals surface area (Å²) >= 11 is 0. The van der Waals surface area contributed by atoms with Crippen LogP contribution in [0.15, 0.2) is 54.7 Å². The van der Waals surface area contributed by atoms with E-state index in [0.29, 0.717) is 0 Å². The topological polar surface area (TPSA) is 29.9 Å². The summed E-state index contributed by atoms with van der Waals surface area (Å²) in [5, 5.41) is 8.92. The molecule has 0 radical (unpaired) electrons. The van der Waals surface area contributed by atoms with Crippen LogP contribution in [0, 0.1) is 0 Å². The number of aromatic nitrogens is 2. The first-order valence-electron chi connectivity index (χ1n) is 7.00. The molecule has 0 unspecified atom stereocenters. The molecule has 1 heterocycles. The lowest BCUT2D eigenvalue weighted by atomic mass is 10.0. The molecule has 102 valence electrons. The molecule has 0 spiro atoms. The highest BCUT2D eigenvalue weighted by Gasteiger charge is 2.06. The quantitative estimate of drug-likeness (QED) is 0.769. The Morgan fingerprint density at radius 1 is 1.00 bits per heavy atom. The fourth-order valence-corrected chi connectivity index (χ4v) is 2.53. The van der Waals surface area contributed by atoms with Gasteiger partial charge < -0.3 is 5.32 Å². The Labute approximate surface area is 119 Å². The van der Waals surface area contributed by atoms with Crippen molar-refractivity contribution in [3.8, 4) is 0 Å². The van der Waals surface area contributed by atoms with Crippen molar-refractivity contribution in [2.24, 2.45) is 0 Å². The number of rotatable bonds is 5. The van der Waals surface area contributed by atoms with Gasteiger partial charge in [-0.25, -0.2) is 0 Å². The monoisotopic (exact) mass is 265 g/mol. The number of likely N-dealkylation sites (N-methyl/N-ethyl adjacent to an activating group) is 1. The van der Waals surface area contributed by atoms with Crippen LogP contribution in [0.25, 0.3) is 10.9 Å². The molecule has 3 heteroatoms. The fraction of sp³-hybridized carbons (Fsp3) is 0.235. The molecule has 0 saturated carbocycles. The molecule has 3 nitrogen and oxygen atoms in total. The molecule has 0 fully saturated rings. The van der Waals surface area contributed by atoms with Gasteiger partial charge in [0.25, 0.3) is 0 Å². The third-order valence-corrected chi connectivity index (χ3v) is 3.63. The average Bonchev–Trinajstić information content (AvgIpc) is 2.90. The van der Waals surface area contributed by atoms with Gasteiger partial charge in [-0.05, 0) is 37.2 Å². The van der Waals surface area contributed by atoms with Crippen LogP contribution in [-0.2, 0) is 13.0 Å². The van der Waals surface area contributed by atoms with Gasteiger partial charge in [0.15, 0.2) is 0 Å². The van der Waals surface area contributed by atoms with Crippen molar-refractivity contribution >= 4 is 10.9 Å². The van der Waals surface area contributed by atoms with E-state index in [1.165, 1.54) is 22.0 Å². The number of benzene rings is 2. The summed E-state index contributed by atoms with van der Waals surface area (Å²) in [4.78, 5) is 0. The molecular formula is C17H19N3. The molecule has 0 amide bonds. The van der Waals surface area contributed by atoms with Crippen LogP contribution >= 0.6 is 0 Å². The largest absolute Gasteiger partial charge is 0.319 e. The maximum Gasteiger partial charge on any atom is 0.0686 e. The van der Waals surface area contributed by atoms with E-state index in [-0.39, 0.29) is 0 Å². The summed E-state index contributed by atoms with van der Waals surface area (Å²) in [6.07, 6.45) is 2.98. The smallest absolute Gasteiger partial charge is 0.0686 e. The second-order valence-electron chi connectivity index (χ2n) is 4.98. The van der Waals surface area contributed by atoms with Crippen molar-refractivity contribution in [2.75, 3.05) is 13.6 Å². The van der Waals surface area contributed by atoms with E-state index in [4.69, 9.17) is 0 Å². The number of fused-ring (bicyclic) bond motifs is 1. The zero-order valence-corrected chi connectivity index (χ0v) is 11.7. The summed E-state index contributed by atoms with van der Waals surface area (Å²) in [5.74, 6) is 0. The Balaban J connectivity index is 1.91. The van der Waals surface area contributed by atoms with Crippen LogP contribution < -0.4 is 5.32 Å². The summed E-state index contributed by atoms with van der Waals surface area (Å²) < 4.78 is 2.08. The molecule has 0 aliphatic carbocycles. The molecule has 3 aromatic rings. The van der Waals surface area contributed by atoms with Crippen LogP contribution in [-0.4, -0.2) is 23.4 Å². The first-order valence-corrected chi connectivity index (χ1v) is 7.00. The Morgan fingerprint density at radius 3 is 2.60 bits per heavy atom. The number of hydrogen-bond acceptors (Lipinski definition) is 2. The molecule has 1 N–H and O–H groups in total. The summed E-state index contributed by atoms with van der Waals surface area (Å²) in [6, 6.07) is 17.0. The standard InChI is InChI=1S/C17H19N3/c1-18-11-10-14-6-2-3-8-16(14)13-20-17-9-5-4-7-15(17)12-19-20/h2-9,12,18H,10-11,13H2,1H3. The second-order valence-corrected chi connectivity index (χ2v) is 4.98. The number of para-hydroxylation sites is 1. The van der Waals surface area contributed by atoms with E-state index >= 15 is 0 Å². The van der Waals surface area contributed by atoms with Crippen LogP contribution in [0.5, 0.6) is 0 Å². The predicted octanol–water partition coefficient (Wildman–Crippen LogP) is 2.85. The maximum atomic E-state index is 4.51. The minimum absolute atomic E-state index is 0.827. The van der Waals surface area contributed by atoms with E-state index in [1.54, 1.807) is 0 Å². The molecule has 0 atom stereocenters. The van der Waals surface area contributed by atoms with Gasteiger partial charge >= 0.3 is 0 Å². The normalized spacial score (nSPS) is 11.1. The van der Waals surface area contributed by atoms with Crippen molar-refractivity contribution in [3.05, 3.63) is 65.9 Å². The molecule has 1 aromatic heterocycles. The van der Waals surface area contributed by atoms with E-state index in [1.807, 2.05) is 13.2 Å². The lowest BCUT2D eigenvalue weighted by Crippen LogP contribution is -2.12. The Hall–Kier alpha value is -2.13. The zero-order valence-electron chi connectivity index (χ0n) is 11.7. The minimum atomic E-state index is 0.827. The van der Waals surface area contributed by atoms with Gasteiger partial charge in [0.1, 0.15) is 0 Å². The number of hydrogen-bond donors (Lipinski definition) is 1. The van der Waals surface area contributed by atoms with Gasteiger partial charge in [-0.1, -0.05) is 42.5 Å². The molecule has 3 rings (SSSR count). The number of nitrogens with zero attached hydrogens (tertiary/aromatic N) is 2. The maximum absolute atomic E-state index is 4.51. The van der Waals surface area contributed by atoms with E-state index in [0.717, 1.165) is 19.5 Å². The molecule has 0 aliphatic rings. The molecular weight excluding hydrogens is 246 g/mol. The Kier molecular flexibility index (Phi) is 3.79. The van der Waals surface area contributed by atoms with Crippen molar-refractivity contribution in [1.29, 1.82) is 0 Å². The van der Waals surface area contributed by atoms with Gasteiger partial charge in [0, 0.05) is 5.39 Å². The van der Waals surface area contributed by atoms with Gasteiger partial charge in [0.2, 0.25) is 0 Å². The van der Waals surface area contributed by atoms with Crippen molar-refractivity contribution in [2.45, 2.75) is 13.0 Å². The van der Waals surface area contributed by atoms with Crippen molar-refractivity contribution in [1.82, 2.24) is 15.1 Å². The van der Waals surface area contributed by atoms with Crippen LogP contribution in [0.4, 0.5) is 0 Å². The highest BCUT2D eigenvalue weighted by molar-refractivity contribution is 5.78. The minimum Gasteiger partial charge on any atom is -0.319 e. The van der Waals surface area contributed by atoms with E-state index < -0.39 is 0 Å². The highest BCUT2D eigenvalue weighted by Crippen LogP contribution is 2.16. The van der Waals surface area contributed by atoms with Crippen LogP contribution in [0.1, 0.15) is 11.1 Å². The van der Waals surface area contributed by atoms with Gasteiger partial charge in [0.05, 0.1) is 18.3 Å². The first-order chi connectivity index (χ1) is 9.88. The second kappa shape index (κ2) is 5.88.